The third kappa shape index (κ3) is 6.02. The highest BCUT2D eigenvalue weighted by atomic mass is 35.5. The number of anilines is 1. The molecule has 6 heteroatoms. The molecule has 0 aromatic heterocycles. The van der Waals surface area contributed by atoms with Crippen molar-refractivity contribution in [1.82, 2.24) is 5.32 Å². The number of unbranched alkanes of at least 4 members (excludes halogenated alkanes) is 1. The molecular formula is C16H22ClFN2O2. The summed E-state index contributed by atoms with van der Waals surface area (Å²) in [4.78, 5) is 23.5. The number of nitrogens with one attached hydrogen (secondary N) is 2. The molecule has 0 bridgehead atoms. The van der Waals surface area contributed by atoms with Gasteiger partial charge in [0.1, 0.15) is 5.82 Å². The second-order valence-electron chi connectivity index (χ2n) is 5.20. The van der Waals surface area contributed by atoms with Gasteiger partial charge in [-0.1, -0.05) is 44.7 Å². The van der Waals surface area contributed by atoms with Crippen LogP contribution in [0.1, 0.15) is 39.5 Å². The third-order valence-corrected chi connectivity index (χ3v) is 3.72. The van der Waals surface area contributed by atoms with E-state index in [4.69, 9.17) is 11.6 Å². The lowest BCUT2D eigenvalue weighted by Crippen LogP contribution is -2.38. The van der Waals surface area contributed by atoms with Gasteiger partial charge in [0.05, 0.1) is 5.69 Å². The first-order valence-corrected chi connectivity index (χ1v) is 7.89. The number of carbonyl (C=O) groups is 2. The molecule has 2 amide bonds. The van der Waals surface area contributed by atoms with Crippen molar-refractivity contribution in [2.75, 3.05) is 11.9 Å². The van der Waals surface area contributed by atoms with E-state index in [2.05, 4.69) is 24.5 Å². The molecule has 1 aromatic carbocycles. The zero-order valence-electron chi connectivity index (χ0n) is 12.9. The minimum Gasteiger partial charge on any atom is -0.348 e. The van der Waals surface area contributed by atoms with Crippen LogP contribution in [-0.2, 0) is 9.59 Å². The highest BCUT2D eigenvalue weighted by molar-refractivity contribution is 6.39. The molecule has 0 spiro atoms. The monoisotopic (exact) mass is 328 g/mol. The lowest BCUT2D eigenvalue weighted by molar-refractivity contribution is -0.136. The van der Waals surface area contributed by atoms with Crippen molar-refractivity contribution in [3.8, 4) is 0 Å². The van der Waals surface area contributed by atoms with E-state index in [-0.39, 0.29) is 10.7 Å². The molecule has 0 radical (unpaired) electrons. The molecule has 1 atom stereocenters. The van der Waals surface area contributed by atoms with Gasteiger partial charge in [0.15, 0.2) is 0 Å². The van der Waals surface area contributed by atoms with Crippen LogP contribution in [0, 0.1) is 11.7 Å². The van der Waals surface area contributed by atoms with Gasteiger partial charge >= 0.3 is 11.8 Å². The maximum atomic E-state index is 13.6. The molecule has 1 rings (SSSR count). The largest absolute Gasteiger partial charge is 0.348 e. The zero-order chi connectivity index (χ0) is 16.5. The number of carbonyl (C=O) groups excluding carboxylic acids is 2. The number of benzene rings is 1. The van der Waals surface area contributed by atoms with Gasteiger partial charge in [-0.25, -0.2) is 4.39 Å². The number of rotatable bonds is 7. The van der Waals surface area contributed by atoms with E-state index in [9.17, 15) is 14.0 Å². The van der Waals surface area contributed by atoms with E-state index >= 15 is 0 Å². The molecule has 0 fully saturated rings. The van der Waals surface area contributed by atoms with Gasteiger partial charge in [0.2, 0.25) is 0 Å². The van der Waals surface area contributed by atoms with Gasteiger partial charge in [-0.05, 0) is 30.5 Å². The standard InChI is InChI=1S/C16H22ClFN2O2/c1-3-5-6-11(4-2)10-19-15(21)16(22)20-14-8-7-12(17)9-13(14)18/h7-9,11H,3-6,10H2,1-2H3,(H,19,21)(H,20,22)/t11-/m0/s1. The summed E-state index contributed by atoms with van der Waals surface area (Å²) < 4.78 is 13.6. The van der Waals surface area contributed by atoms with Crippen molar-refractivity contribution in [2.24, 2.45) is 5.92 Å². The van der Waals surface area contributed by atoms with Crippen LogP contribution in [0.15, 0.2) is 18.2 Å². The van der Waals surface area contributed by atoms with Crippen molar-refractivity contribution >= 4 is 29.1 Å². The van der Waals surface area contributed by atoms with Crippen LogP contribution in [0.25, 0.3) is 0 Å². The second kappa shape index (κ2) is 9.41. The predicted octanol–water partition coefficient (Wildman–Crippen LogP) is 3.75. The first-order valence-electron chi connectivity index (χ1n) is 7.52. The average Bonchev–Trinajstić information content (AvgIpc) is 2.49. The van der Waals surface area contributed by atoms with Gasteiger partial charge in [0, 0.05) is 11.6 Å². The Morgan fingerprint density at radius 2 is 2.00 bits per heavy atom. The van der Waals surface area contributed by atoms with Crippen LogP contribution in [0.4, 0.5) is 10.1 Å². The molecule has 1 aromatic rings. The first kappa shape index (κ1) is 18.4. The number of hydrogen-bond acceptors (Lipinski definition) is 2. The number of amides is 2. The molecule has 0 saturated carbocycles. The summed E-state index contributed by atoms with van der Waals surface area (Å²) in [5, 5.41) is 5.06. The fourth-order valence-corrected chi connectivity index (χ4v) is 2.19. The Bertz CT molecular complexity index is 523. The predicted molar refractivity (Wildman–Crippen MR) is 86.4 cm³/mol. The lowest BCUT2D eigenvalue weighted by Gasteiger charge is -2.15. The van der Waals surface area contributed by atoms with E-state index in [1.807, 2.05) is 0 Å². The number of halogens is 2. The van der Waals surface area contributed by atoms with Crippen LogP contribution in [0.2, 0.25) is 5.02 Å². The summed E-state index contributed by atoms with van der Waals surface area (Å²) in [7, 11) is 0. The summed E-state index contributed by atoms with van der Waals surface area (Å²) in [5.41, 5.74) is -0.0671. The van der Waals surface area contributed by atoms with Crippen molar-refractivity contribution in [2.45, 2.75) is 39.5 Å². The molecule has 122 valence electrons. The molecule has 0 aliphatic carbocycles. The Labute approximate surface area is 135 Å². The summed E-state index contributed by atoms with van der Waals surface area (Å²) in [6, 6.07) is 3.84. The van der Waals surface area contributed by atoms with Crippen molar-refractivity contribution in [3.63, 3.8) is 0 Å². The Kier molecular flexibility index (Phi) is 7.88. The van der Waals surface area contributed by atoms with Crippen LogP contribution < -0.4 is 10.6 Å². The molecule has 0 aliphatic rings. The SMILES string of the molecule is CCCC[C@H](CC)CNC(=O)C(=O)Nc1ccc(Cl)cc1F. The quantitative estimate of drug-likeness (QED) is 0.749. The molecule has 0 aliphatic heterocycles. The van der Waals surface area contributed by atoms with Crippen LogP contribution >= 0.6 is 11.6 Å². The number of hydrogen-bond donors (Lipinski definition) is 2. The molecule has 0 saturated heterocycles. The van der Waals surface area contributed by atoms with Crippen LogP contribution in [0.5, 0.6) is 0 Å². The average molecular weight is 329 g/mol. The Morgan fingerprint density at radius 3 is 2.59 bits per heavy atom. The van der Waals surface area contributed by atoms with E-state index in [0.29, 0.717) is 12.5 Å². The zero-order valence-corrected chi connectivity index (χ0v) is 13.7. The Balaban J connectivity index is 2.49. The summed E-state index contributed by atoms with van der Waals surface area (Å²) >= 11 is 5.63. The van der Waals surface area contributed by atoms with Crippen LogP contribution in [0.3, 0.4) is 0 Å². The van der Waals surface area contributed by atoms with Crippen molar-refractivity contribution in [1.29, 1.82) is 0 Å². The van der Waals surface area contributed by atoms with Crippen molar-refractivity contribution < 1.29 is 14.0 Å². The van der Waals surface area contributed by atoms with Gasteiger partial charge < -0.3 is 10.6 Å². The molecule has 0 unspecified atom stereocenters. The van der Waals surface area contributed by atoms with Gasteiger partial charge in [-0.3, -0.25) is 9.59 Å². The Morgan fingerprint density at radius 1 is 1.27 bits per heavy atom. The normalized spacial score (nSPS) is 11.8. The summed E-state index contributed by atoms with van der Waals surface area (Å²) in [6.45, 7) is 4.61. The topological polar surface area (TPSA) is 58.2 Å². The molecule has 4 nitrogen and oxygen atoms in total. The molecule has 2 N–H and O–H groups in total. The fraction of sp³-hybridized carbons (Fsp3) is 0.500. The summed E-state index contributed by atoms with van der Waals surface area (Å²) in [5.74, 6) is -1.97. The smallest absolute Gasteiger partial charge is 0.313 e. The van der Waals surface area contributed by atoms with Crippen molar-refractivity contribution in [3.05, 3.63) is 29.0 Å². The van der Waals surface area contributed by atoms with Gasteiger partial charge in [0.25, 0.3) is 0 Å². The maximum absolute atomic E-state index is 13.6. The lowest BCUT2D eigenvalue weighted by atomic mass is 9.99. The third-order valence-electron chi connectivity index (χ3n) is 3.48. The van der Waals surface area contributed by atoms with Gasteiger partial charge in [-0.2, -0.15) is 0 Å². The maximum Gasteiger partial charge on any atom is 0.313 e. The molecule has 22 heavy (non-hydrogen) atoms. The highest BCUT2D eigenvalue weighted by Crippen LogP contribution is 2.18. The van der Waals surface area contributed by atoms with E-state index in [0.717, 1.165) is 31.7 Å². The fourth-order valence-electron chi connectivity index (χ4n) is 2.03. The summed E-state index contributed by atoms with van der Waals surface area (Å²) in [6.07, 6.45) is 4.14. The second-order valence-corrected chi connectivity index (χ2v) is 5.64. The minimum atomic E-state index is -0.883. The van der Waals surface area contributed by atoms with Crippen LogP contribution in [-0.4, -0.2) is 18.4 Å². The Hall–Kier alpha value is -1.62. The van der Waals surface area contributed by atoms with Gasteiger partial charge in [-0.15, -0.1) is 0 Å². The van der Waals surface area contributed by atoms with E-state index in [1.165, 1.54) is 12.1 Å². The molecule has 0 heterocycles. The highest BCUT2D eigenvalue weighted by Gasteiger charge is 2.17. The van der Waals surface area contributed by atoms with E-state index in [1.54, 1.807) is 0 Å². The minimum absolute atomic E-state index is 0.0671. The first-order chi connectivity index (χ1) is 10.5. The molecular weight excluding hydrogens is 307 g/mol. The van der Waals surface area contributed by atoms with E-state index < -0.39 is 17.6 Å².